The average Bonchev–Trinajstić information content (AvgIpc) is 2.22. The molecule has 0 radical (unpaired) electrons. The third-order valence-electron chi connectivity index (χ3n) is 1.57. The Hall–Kier alpha value is -1.57. The number of hydrogen-bond acceptors (Lipinski definition) is 6. The van der Waals surface area contributed by atoms with Gasteiger partial charge < -0.3 is 4.74 Å². The van der Waals surface area contributed by atoms with Gasteiger partial charge in [0, 0.05) is 7.05 Å². The lowest BCUT2D eigenvalue weighted by molar-refractivity contribution is -0.139. The molecule has 0 aliphatic rings. The minimum Gasteiger partial charge on any atom is -0.465 e. The van der Waals surface area contributed by atoms with Crippen LogP contribution in [0.4, 0.5) is 0 Å². The molecule has 16 heavy (non-hydrogen) atoms. The first-order chi connectivity index (χ1) is 7.54. The molecule has 0 aromatic carbocycles. The largest absolute Gasteiger partial charge is 0.465 e. The van der Waals surface area contributed by atoms with Crippen LogP contribution in [0, 0.1) is 0 Å². The number of ether oxygens (including phenoxy) is 1. The fourth-order valence-electron chi connectivity index (χ4n) is 0.916. The average molecular weight is 245 g/mol. The minimum atomic E-state index is -0.871. The molecule has 0 bridgehead atoms. The Bertz CT molecular complexity index is 493. The van der Waals surface area contributed by atoms with Crippen molar-refractivity contribution in [2.75, 3.05) is 12.4 Å². The quantitative estimate of drug-likeness (QED) is 0.421. The highest BCUT2D eigenvalue weighted by Crippen LogP contribution is 2.10. The Kier molecular flexibility index (Phi) is 4.29. The van der Waals surface area contributed by atoms with Crippen LogP contribution in [0.15, 0.2) is 14.7 Å². The van der Waals surface area contributed by atoms with Crippen molar-refractivity contribution in [2.45, 2.75) is 12.1 Å². The Morgan fingerprint density at radius 2 is 2.25 bits per heavy atom. The zero-order valence-electron chi connectivity index (χ0n) is 8.85. The molecule has 0 atom stereocenters. The molecule has 1 aromatic rings. The molecule has 0 unspecified atom stereocenters. The van der Waals surface area contributed by atoms with E-state index in [1.807, 2.05) is 0 Å². The van der Waals surface area contributed by atoms with Gasteiger partial charge in [-0.15, -0.1) is 0 Å². The number of nitrogens with zero attached hydrogens (tertiary/aromatic N) is 2. The van der Waals surface area contributed by atoms with Gasteiger partial charge in [0.25, 0.3) is 0 Å². The second-order valence-corrected chi connectivity index (χ2v) is 3.74. The Morgan fingerprint density at radius 1 is 1.56 bits per heavy atom. The number of thioether (sulfide) groups is 1. The van der Waals surface area contributed by atoms with Crippen LogP contribution in [0.25, 0.3) is 0 Å². The van der Waals surface area contributed by atoms with Crippen LogP contribution in [0.2, 0.25) is 0 Å². The van der Waals surface area contributed by atoms with Gasteiger partial charge in [-0.25, -0.2) is 0 Å². The maximum atomic E-state index is 11.0. The Morgan fingerprint density at radius 3 is 2.88 bits per heavy atom. The van der Waals surface area contributed by atoms with E-state index in [0.717, 1.165) is 11.8 Å². The fourth-order valence-corrected chi connectivity index (χ4v) is 1.63. The van der Waals surface area contributed by atoms with Crippen molar-refractivity contribution in [1.29, 1.82) is 0 Å². The minimum absolute atomic E-state index is 0.0418. The second-order valence-electron chi connectivity index (χ2n) is 2.79. The van der Waals surface area contributed by atoms with E-state index in [4.69, 9.17) is 4.74 Å². The SMILES string of the molecule is CCOC(=O)CSc1nc(=O)c(=O)[nH]n1C. The Balaban J connectivity index is 2.75. The van der Waals surface area contributed by atoms with Gasteiger partial charge in [0.2, 0.25) is 0 Å². The van der Waals surface area contributed by atoms with Crippen molar-refractivity contribution < 1.29 is 9.53 Å². The zero-order valence-corrected chi connectivity index (χ0v) is 9.67. The number of H-pyrrole nitrogens is 1. The van der Waals surface area contributed by atoms with Crippen LogP contribution in [-0.4, -0.2) is 33.1 Å². The Labute approximate surface area is 94.8 Å². The number of aromatic amines is 1. The molecule has 0 saturated carbocycles. The highest BCUT2D eigenvalue weighted by atomic mass is 32.2. The van der Waals surface area contributed by atoms with Crippen LogP contribution in [0.1, 0.15) is 6.92 Å². The summed E-state index contributed by atoms with van der Waals surface area (Å²) in [7, 11) is 1.53. The number of esters is 1. The van der Waals surface area contributed by atoms with Crippen molar-refractivity contribution in [1.82, 2.24) is 14.8 Å². The van der Waals surface area contributed by atoms with E-state index in [1.54, 1.807) is 6.92 Å². The lowest BCUT2D eigenvalue weighted by Crippen LogP contribution is -2.34. The lowest BCUT2D eigenvalue weighted by Gasteiger charge is -2.05. The predicted molar refractivity (Wildman–Crippen MR) is 57.5 cm³/mol. The topological polar surface area (TPSA) is 94.1 Å². The number of aromatic nitrogens is 3. The molecule has 0 amide bonds. The van der Waals surface area contributed by atoms with Crippen molar-refractivity contribution >= 4 is 17.7 Å². The highest BCUT2D eigenvalue weighted by molar-refractivity contribution is 7.99. The lowest BCUT2D eigenvalue weighted by atomic mass is 10.8. The summed E-state index contributed by atoms with van der Waals surface area (Å²) in [6.45, 7) is 2.01. The maximum Gasteiger partial charge on any atom is 0.339 e. The summed E-state index contributed by atoms with van der Waals surface area (Å²) < 4.78 is 6.00. The standard InChI is InChI=1S/C8H11N3O4S/c1-3-15-5(12)4-16-8-9-6(13)7(14)10-11(8)2/h3-4H2,1-2H3,(H,10,14). The molecular weight excluding hydrogens is 234 g/mol. The van der Waals surface area contributed by atoms with Gasteiger partial charge >= 0.3 is 17.1 Å². The molecule has 1 heterocycles. The smallest absolute Gasteiger partial charge is 0.339 e. The molecule has 0 saturated heterocycles. The number of hydrogen-bond donors (Lipinski definition) is 1. The van der Waals surface area contributed by atoms with E-state index in [0.29, 0.717) is 6.61 Å². The number of nitrogens with one attached hydrogen (secondary N) is 1. The summed E-state index contributed by atoms with van der Waals surface area (Å²) in [6.07, 6.45) is 0. The fraction of sp³-hybridized carbons (Fsp3) is 0.500. The van der Waals surface area contributed by atoms with E-state index in [1.165, 1.54) is 11.7 Å². The van der Waals surface area contributed by atoms with Gasteiger partial charge in [0.1, 0.15) is 0 Å². The van der Waals surface area contributed by atoms with Crippen molar-refractivity contribution in [3.63, 3.8) is 0 Å². The van der Waals surface area contributed by atoms with Gasteiger partial charge in [-0.05, 0) is 6.92 Å². The van der Waals surface area contributed by atoms with Gasteiger partial charge in [-0.3, -0.25) is 24.2 Å². The summed E-state index contributed by atoms with van der Waals surface area (Å²) in [5.74, 6) is -0.354. The first kappa shape index (κ1) is 12.5. The van der Waals surface area contributed by atoms with Gasteiger partial charge in [-0.1, -0.05) is 11.8 Å². The molecule has 0 fully saturated rings. The predicted octanol–water partition coefficient (Wildman–Crippen LogP) is -0.876. The van der Waals surface area contributed by atoms with Crippen LogP contribution < -0.4 is 11.1 Å². The van der Waals surface area contributed by atoms with E-state index < -0.39 is 17.1 Å². The molecule has 1 rings (SSSR count). The maximum absolute atomic E-state index is 11.0. The van der Waals surface area contributed by atoms with E-state index in [9.17, 15) is 14.4 Å². The first-order valence-electron chi connectivity index (χ1n) is 4.50. The van der Waals surface area contributed by atoms with Crippen LogP contribution in [0.5, 0.6) is 0 Å². The van der Waals surface area contributed by atoms with Gasteiger partial charge in [0.15, 0.2) is 5.16 Å². The number of carbonyl (C=O) groups excluding carboxylic acids is 1. The van der Waals surface area contributed by atoms with Crippen molar-refractivity contribution in [3.05, 3.63) is 20.7 Å². The van der Waals surface area contributed by atoms with Gasteiger partial charge in [-0.2, -0.15) is 4.98 Å². The van der Waals surface area contributed by atoms with E-state index in [2.05, 4.69) is 10.1 Å². The second kappa shape index (κ2) is 5.50. The normalized spacial score (nSPS) is 10.1. The van der Waals surface area contributed by atoms with Crippen molar-refractivity contribution in [3.8, 4) is 0 Å². The molecule has 0 spiro atoms. The summed E-state index contributed by atoms with van der Waals surface area (Å²) in [5.41, 5.74) is -1.66. The molecule has 88 valence electrons. The number of rotatable bonds is 4. The third-order valence-corrected chi connectivity index (χ3v) is 2.58. The zero-order chi connectivity index (χ0) is 12.1. The monoisotopic (exact) mass is 245 g/mol. The van der Waals surface area contributed by atoms with Gasteiger partial charge in [0.05, 0.1) is 12.4 Å². The van der Waals surface area contributed by atoms with Crippen LogP contribution in [-0.2, 0) is 16.6 Å². The summed E-state index contributed by atoms with van der Waals surface area (Å²) >= 11 is 1.03. The molecule has 1 aromatic heterocycles. The molecule has 0 aliphatic heterocycles. The summed E-state index contributed by atoms with van der Waals surface area (Å²) in [6, 6.07) is 0. The molecule has 7 nitrogen and oxygen atoms in total. The van der Waals surface area contributed by atoms with E-state index in [-0.39, 0.29) is 10.9 Å². The van der Waals surface area contributed by atoms with Crippen LogP contribution in [0.3, 0.4) is 0 Å². The van der Waals surface area contributed by atoms with E-state index >= 15 is 0 Å². The molecular formula is C8H11N3O4S. The molecule has 8 heteroatoms. The van der Waals surface area contributed by atoms with Crippen LogP contribution >= 0.6 is 11.8 Å². The summed E-state index contributed by atoms with van der Waals surface area (Å²) in [4.78, 5) is 36.4. The molecule has 0 aliphatic carbocycles. The third kappa shape index (κ3) is 3.23. The number of carbonyl (C=O) groups is 1. The number of aryl methyl sites for hydroxylation is 1. The highest BCUT2D eigenvalue weighted by Gasteiger charge is 2.08. The molecule has 1 N–H and O–H groups in total. The summed E-state index contributed by atoms with van der Waals surface area (Å²) in [5, 5.41) is 2.54. The van der Waals surface area contributed by atoms with Crippen molar-refractivity contribution in [2.24, 2.45) is 7.05 Å². The first-order valence-corrected chi connectivity index (χ1v) is 5.49.